The van der Waals surface area contributed by atoms with Crippen molar-refractivity contribution in [2.24, 2.45) is 5.92 Å². The molecule has 1 unspecified atom stereocenters. The van der Waals surface area contributed by atoms with Crippen LogP contribution >= 0.6 is 0 Å². The zero-order valence-corrected chi connectivity index (χ0v) is 12.7. The van der Waals surface area contributed by atoms with E-state index in [2.05, 4.69) is 6.58 Å². The highest BCUT2D eigenvalue weighted by atomic mass is 16.5. The predicted octanol–water partition coefficient (Wildman–Crippen LogP) is 4.33. The molecule has 3 nitrogen and oxygen atoms in total. The standard InChI is InChI=1S/C19H19NO2/c1-3-15-12-19(21)20(13-15)17-9-4-5-10-18(17)22-16-8-6-7-14(2)11-16/h3-11,15H,1,12-13H2,2H3. The van der Waals surface area contributed by atoms with Crippen LogP contribution in [0.15, 0.2) is 61.2 Å². The fourth-order valence-corrected chi connectivity index (χ4v) is 2.70. The molecule has 2 aromatic rings. The number of anilines is 1. The van der Waals surface area contributed by atoms with E-state index in [4.69, 9.17) is 4.74 Å². The van der Waals surface area contributed by atoms with Crippen LogP contribution in [-0.2, 0) is 4.79 Å². The Morgan fingerprint density at radius 3 is 2.77 bits per heavy atom. The summed E-state index contributed by atoms with van der Waals surface area (Å²) in [5, 5.41) is 0. The van der Waals surface area contributed by atoms with Crippen molar-refractivity contribution >= 4 is 11.6 Å². The molecule has 1 saturated heterocycles. The Morgan fingerprint density at radius 1 is 1.23 bits per heavy atom. The maximum Gasteiger partial charge on any atom is 0.227 e. The summed E-state index contributed by atoms with van der Waals surface area (Å²) in [4.78, 5) is 14.0. The van der Waals surface area contributed by atoms with Crippen LogP contribution in [0.3, 0.4) is 0 Å². The van der Waals surface area contributed by atoms with E-state index in [1.54, 1.807) is 4.90 Å². The summed E-state index contributed by atoms with van der Waals surface area (Å²) in [5.74, 6) is 1.80. The van der Waals surface area contributed by atoms with Crippen LogP contribution in [0.1, 0.15) is 12.0 Å². The molecule has 1 aliphatic rings. The van der Waals surface area contributed by atoms with Crippen LogP contribution in [0, 0.1) is 12.8 Å². The van der Waals surface area contributed by atoms with E-state index < -0.39 is 0 Å². The van der Waals surface area contributed by atoms with Crippen LogP contribution in [-0.4, -0.2) is 12.5 Å². The number of hydrogen-bond acceptors (Lipinski definition) is 2. The van der Waals surface area contributed by atoms with Gasteiger partial charge in [-0.15, -0.1) is 6.58 Å². The largest absolute Gasteiger partial charge is 0.455 e. The molecule has 22 heavy (non-hydrogen) atoms. The van der Waals surface area contributed by atoms with Crippen molar-refractivity contribution in [2.75, 3.05) is 11.4 Å². The average molecular weight is 293 g/mol. The molecular weight excluding hydrogens is 274 g/mol. The van der Waals surface area contributed by atoms with Gasteiger partial charge in [0.2, 0.25) is 5.91 Å². The Labute approximate surface area is 130 Å². The second-order valence-corrected chi connectivity index (χ2v) is 5.59. The number of benzene rings is 2. The molecule has 2 aromatic carbocycles. The minimum atomic E-state index is 0.116. The fourth-order valence-electron chi connectivity index (χ4n) is 2.70. The van der Waals surface area contributed by atoms with Gasteiger partial charge in [0, 0.05) is 18.9 Å². The molecule has 0 N–H and O–H groups in total. The van der Waals surface area contributed by atoms with E-state index in [1.807, 2.05) is 61.5 Å². The maximum absolute atomic E-state index is 12.2. The summed E-state index contributed by atoms with van der Waals surface area (Å²) in [6.07, 6.45) is 2.37. The number of aryl methyl sites for hydroxylation is 1. The normalized spacial score (nSPS) is 17.6. The summed E-state index contributed by atoms with van der Waals surface area (Å²) in [7, 11) is 0. The molecule has 1 heterocycles. The second kappa shape index (κ2) is 6.06. The lowest BCUT2D eigenvalue weighted by Crippen LogP contribution is -2.24. The van der Waals surface area contributed by atoms with Crippen molar-refractivity contribution < 1.29 is 9.53 Å². The van der Waals surface area contributed by atoms with E-state index in [0.717, 1.165) is 17.0 Å². The van der Waals surface area contributed by atoms with Gasteiger partial charge in [-0.3, -0.25) is 4.79 Å². The van der Waals surface area contributed by atoms with Crippen molar-refractivity contribution in [1.29, 1.82) is 0 Å². The highest BCUT2D eigenvalue weighted by molar-refractivity contribution is 5.97. The van der Waals surface area contributed by atoms with E-state index >= 15 is 0 Å². The van der Waals surface area contributed by atoms with Crippen molar-refractivity contribution in [2.45, 2.75) is 13.3 Å². The third-order valence-corrected chi connectivity index (χ3v) is 3.86. The Balaban J connectivity index is 1.90. The van der Waals surface area contributed by atoms with Crippen molar-refractivity contribution in [1.82, 2.24) is 0 Å². The van der Waals surface area contributed by atoms with Gasteiger partial charge in [0.05, 0.1) is 5.69 Å². The minimum absolute atomic E-state index is 0.116. The van der Waals surface area contributed by atoms with Crippen LogP contribution in [0.25, 0.3) is 0 Å². The highest BCUT2D eigenvalue weighted by Crippen LogP contribution is 2.35. The molecule has 0 aliphatic carbocycles. The van der Waals surface area contributed by atoms with E-state index in [-0.39, 0.29) is 11.8 Å². The zero-order valence-electron chi connectivity index (χ0n) is 12.7. The first-order valence-electron chi connectivity index (χ1n) is 7.44. The van der Waals surface area contributed by atoms with Gasteiger partial charge in [-0.1, -0.05) is 30.3 Å². The number of para-hydroxylation sites is 2. The van der Waals surface area contributed by atoms with E-state index in [0.29, 0.717) is 18.7 Å². The first kappa shape index (κ1) is 14.4. The minimum Gasteiger partial charge on any atom is -0.455 e. The lowest BCUT2D eigenvalue weighted by atomic mass is 10.1. The predicted molar refractivity (Wildman–Crippen MR) is 88.4 cm³/mol. The first-order valence-corrected chi connectivity index (χ1v) is 7.44. The van der Waals surface area contributed by atoms with Crippen LogP contribution < -0.4 is 9.64 Å². The number of amides is 1. The first-order chi connectivity index (χ1) is 10.7. The summed E-state index contributed by atoms with van der Waals surface area (Å²) in [6, 6.07) is 15.5. The molecule has 0 aromatic heterocycles. The molecular formula is C19H19NO2. The van der Waals surface area contributed by atoms with Crippen molar-refractivity contribution in [3.05, 3.63) is 66.7 Å². The van der Waals surface area contributed by atoms with Gasteiger partial charge in [0.25, 0.3) is 0 Å². The lowest BCUT2D eigenvalue weighted by molar-refractivity contribution is -0.117. The molecule has 1 amide bonds. The van der Waals surface area contributed by atoms with Gasteiger partial charge < -0.3 is 9.64 Å². The van der Waals surface area contributed by atoms with Gasteiger partial charge in [0.1, 0.15) is 5.75 Å². The van der Waals surface area contributed by atoms with Gasteiger partial charge >= 0.3 is 0 Å². The number of ether oxygens (including phenoxy) is 1. The Bertz CT molecular complexity index is 708. The Hall–Kier alpha value is -2.55. The average Bonchev–Trinajstić information content (AvgIpc) is 2.89. The topological polar surface area (TPSA) is 29.5 Å². The highest BCUT2D eigenvalue weighted by Gasteiger charge is 2.30. The van der Waals surface area contributed by atoms with Crippen LogP contribution in [0.5, 0.6) is 11.5 Å². The van der Waals surface area contributed by atoms with Gasteiger partial charge in [-0.05, 0) is 36.8 Å². The molecule has 0 spiro atoms. The second-order valence-electron chi connectivity index (χ2n) is 5.59. The molecule has 1 fully saturated rings. The summed E-state index contributed by atoms with van der Waals surface area (Å²) < 4.78 is 6.00. The molecule has 0 radical (unpaired) electrons. The monoisotopic (exact) mass is 293 g/mol. The Morgan fingerprint density at radius 2 is 2.05 bits per heavy atom. The number of carbonyl (C=O) groups excluding carboxylic acids is 1. The molecule has 3 rings (SSSR count). The molecule has 0 saturated carbocycles. The quantitative estimate of drug-likeness (QED) is 0.785. The number of carbonyl (C=O) groups is 1. The van der Waals surface area contributed by atoms with Gasteiger partial charge in [-0.2, -0.15) is 0 Å². The summed E-state index contributed by atoms with van der Waals surface area (Å²) in [6.45, 7) is 6.48. The SMILES string of the molecule is C=CC1CC(=O)N(c2ccccc2Oc2cccc(C)c2)C1. The summed E-state index contributed by atoms with van der Waals surface area (Å²) >= 11 is 0. The molecule has 112 valence electrons. The van der Waals surface area contributed by atoms with Gasteiger partial charge in [-0.25, -0.2) is 0 Å². The van der Waals surface area contributed by atoms with Gasteiger partial charge in [0.15, 0.2) is 5.75 Å². The molecule has 3 heteroatoms. The number of nitrogens with zero attached hydrogens (tertiary/aromatic N) is 1. The van der Waals surface area contributed by atoms with Crippen LogP contribution in [0.4, 0.5) is 5.69 Å². The summed E-state index contributed by atoms with van der Waals surface area (Å²) in [5.41, 5.74) is 1.96. The molecule has 0 bridgehead atoms. The van der Waals surface area contributed by atoms with Crippen LogP contribution in [0.2, 0.25) is 0 Å². The van der Waals surface area contributed by atoms with E-state index in [1.165, 1.54) is 0 Å². The zero-order chi connectivity index (χ0) is 15.5. The Kier molecular flexibility index (Phi) is 3.96. The molecule has 1 atom stereocenters. The number of rotatable bonds is 4. The smallest absolute Gasteiger partial charge is 0.227 e. The van der Waals surface area contributed by atoms with Crippen molar-refractivity contribution in [3.63, 3.8) is 0 Å². The lowest BCUT2D eigenvalue weighted by Gasteiger charge is -2.20. The molecule has 1 aliphatic heterocycles. The third kappa shape index (κ3) is 2.89. The van der Waals surface area contributed by atoms with Crippen molar-refractivity contribution in [3.8, 4) is 11.5 Å². The fraction of sp³-hybridized carbons (Fsp3) is 0.211. The maximum atomic E-state index is 12.2. The number of hydrogen-bond donors (Lipinski definition) is 0. The third-order valence-electron chi connectivity index (χ3n) is 3.86. The van der Waals surface area contributed by atoms with E-state index in [9.17, 15) is 4.79 Å².